The molecule has 0 aliphatic carbocycles. The molecular weight excluding hydrogens is 345 g/mol. The summed E-state index contributed by atoms with van der Waals surface area (Å²) in [5.41, 5.74) is 3.64. The first-order chi connectivity index (χ1) is 11.1. The van der Waals surface area contributed by atoms with Crippen LogP contribution < -0.4 is 10.5 Å². The zero-order chi connectivity index (χ0) is 18.1. The van der Waals surface area contributed by atoms with Crippen LogP contribution in [0.1, 0.15) is 10.4 Å². The predicted molar refractivity (Wildman–Crippen MR) is 79.0 cm³/mol. The molecule has 2 rings (SSSR count). The first-order valence-corrected chi connectivity index (χ1v) is 8.10. The van der Waals surface area contributed by atoms with Crippen LogP contribution in [-0.2, 0) is 9.84 Å². The second kappa shape index (κ2) is 6.20. The number of halogens is 1. The van der Waals surface area contributed by atoms with Crippen molar-refractivity contribution >= 4 is 21.4 Å². The van der Waals surface area contributed by atoms with E-state index < -0.39 is 43.5 Å². The maximum absolute atomic E-state index is 13.9. The molecule has 0 unspecified atom stereocenters. The van der Waals surface area contributed by atoms with Gasteiger partial charge >= 0.3 is 0 Å². The van der Waals surface area contributed by atoms with Gasteiger partial charge in [-0.05, 0) is 18.2 Å². The third-order valence-corrected chi connectivity index (χ3v) is 3.83. The molecule has 0 spiro atoms. The summed E-state index contributed by atoms with van der Waals surface area (Å²) in [7, 11) is -3.52. The number of amides is 1. The van der Waals surface area contributed by atoms with Crippen LogP contribution in [0.25, 0.3) is 0 Å². The van der Waals surface area contributed by atoms with Crippen molar-refractivity contribution in [2.45, 2.75) is 5.03 Å². The van der Waals surface area contributed by atoms with E-state index in [4.69, 9.17) is 10.5 Å². The quantitative estimate of drug-likeness (QED) is 0.631. The number of carbonyl (C=O) groups is 1. The maximum Gasteiger partial charge on any atom is 0.286 e. The number of ether oxygens (including phenoxy) is 1. The van der Waals surface area contributed by atoms with Crippen molar-refractivity contribution in [1.29, 1.82) is 0 Å². The van der Waals surface area contributed by atoms with Crippen molar-refractivity contribution < 1.29 is 27.3 Å². The molecule has 2 N–H and O–H groups in total. The van der Waals surface area contributed by atoms with Gasteiger partial charge in [0.2, 0.25) is 0 Å². The third-order valence-electron chi connectivity index (χ3n) is 2.83. The zero-order valence-corrected chi connectivity index (χ0v) is 12.9. The number of aromatic nitrogens is 1. The lowest BCUT2D eigenvalue weighted by Crippen LogP contribution is -2.14. The number of nitro groups is 1. The van der Waals surface area contributed by atoms with E-state index in [-0.39, 0.29) is 10.8 Å². The standard InChI is InChI=1S/C13H10FN3O6S/c1-24(21,22)12-3-2-7(6-16-12)23-11-5-10(17(19)20)8(13(15)18)4-9(11)14/h2-6H,1H3,(H2,15,18). The Hall–Kier alpha value is -3.08. The van der Waals surface area contributed by atoms with Crippen LogP contribution in [-0.4, -0.2) is 30.5 Å². The van der Waals surface area contributed by atoms with Gasteiger partial charge in [0, 0.05) is 6.26 Å². The number of hydrogen-bond donors (Lipinski definition) is 1. The minimum Gasteiger partial charge on any atom is -0.452 e. The second-order valence-electron chi connectivity index (χ2n) is 4.63. The summed E-state index contributed by atoms with van der Waals surface area (Å²) in [4.78, 5) is 24.8. The van der Waals surface area contributed by atoms with Gasteiger partial charge < -0.3 is 10.5 Å². The minimum absolute atomic E-state index is 0.0533. The van der Waals surface area contributed by atoms with Crippen molar-refractivity contribution in [1.82, 2.24) is 4.98 Å². The van der Waals surface area contributed by atoms with Crippen molar-refractivity contribution in [3.63, 3.8) is 0 Å². The van der Waals surface area contributed by atoms with Crippen LogP contribution in [0.5, 0.6) is 11.5 Å². The lowest BCUT2D eigenvalue weighted by Gasteiger charge is -2.08. The summed E-state index contributed by atoms with van der Waals surface area (Å²) in [5.74, 6) is -2.81. The lowest BCUT2D eigenvalue weighted by molar-refractivity contribution is -0.385. The summed E-state index contributed by atoms with van der Waals surface area (Å²) < 4.78 is 41.6. The van der Waals surface area contributed by atoms with E-state index in [1.165, 1.54) is 6.07 Å². The van der Waals surface area contributed by atoms with Crippen LogP contribution in [0.2, 0.25) is 0 Å². The molecule has 0 aliphatic rings. The lowest BCUT2D eigenvalue weighted by atomic mass is 10.1. The van der Waals surface area contributed by atoms with Gasteiger partial charge in [-0.3, -0.25) is 14.9 Å². The van der Waals surface area contributed by atoms with Gasteiger partial charge in [-0.1, -0.05) is 0 Å². The van der Waals surface area contributed by atoms with Gasteiger partial charge in [0.05, 0.1) is 17.2 Å². The SMILES string of the molecule is CS(=O)(=O)c1ccc(Oc2cc([N+](=O)[O-])c(C(N)=O)cc2F)cn1. The Morgan fingerprint density at radius 3 is 2.50 bits per heavy atom. The average molecular weight is 355 g/mol. The van der Waals surface area contributed by atoms with Crippen LogP contribution in [0.15, 0.2) is 35.5 Å². The smallest absolute Gasteiger partial charge is 0.286 e. The molecule has 0 saturated heterocycles. The molecule has 2 aromatic rings. The van der Waals surface area contributed by atoms with E-state index in [0.717, 1.165) is 18.5 Å². The second-order valence-corrected chi connectivity index (χ2v) is 6.59. The van der Waals surface area contributed by atoms with Crippen molar-refractivity contribution in [2.24, 2.45) is 5.73 Å². The van der Waals surface area contributed by atoms with Crippen molar-refractivity contribution in [3.8, 4) is 11.5 Å². The van der Waals surface area contributed by atoms with Gasteiger partial charge in [-0.15, -0.1) is 0 Å². The largest absolute Gasteiger partial charge is 0.452 e. The molecule has 9 nitrogen and oxygen atoms in total. The fourth-order valence-electron chi connectivity index (χ4n) is 1.74. The predicted octanol–water partition coefficient (Wildman–Crippen LogP) is 1.42. The summed E-state index contributed by atoms with van der Waals surface area (Å²) in [6, 6.07) is 3.64. The van der Waals surface area contributed by atoms with E-state index in [1.807, 2.05) is 0 Å². The van der Waals surface area contributed by atoms with E-state index in [2.05, 4.69) is 4.98 Å². The fraction of sp³-hybridized carbons (Fsp3) is 0.0769. The van der Waals surface area contributed by atoms with Crippen molar-refractivity contribution in [3.05, 3.63) is 52.0 Å². The number of benzene rings is 1. The Balaban J connectivity index is 2.41. The van der Waals surface area contributed by atoms with Gasteiger partial charge in [-0.25, -0.2) is 17.8 Å². The molecule has 0 bridgehead atoms. The highest BCUT2D eigenvalue weighted by atomic mass is 32.2. The molecule has 1 amide bonds. The molecule has 0 atom stereocenters. The van der Waals surface area contributed by atoms with Crippen LogP contribution >= 0.6 is 0 Å². The molecule has 126 valence electrons. The van der Waals surface area contributed by atoms with Gasteiger partial charge in [-0.2, -0.15) is 0 Å². The number of carbonyl (C=O) groups excluding carboxylic acids is 1. The number of sulfone groups is 1. The fourth-order valence-corrected chi connectivity index (χ4v) is 2.30. The number of nitrogens with two attached hydrogens (primary N) is 1. The Labute approximate surface area is 134 Å². The zero-order valence-electron chi connectivity index (χ0n) is 12.1. The molecule has 1 aromatic carbocycles. The molecule has 1 aromatic heterocycles. The van der Waals surface area contributed by atoms with Crippen LogP contribution in [0.3, 0.4) is 0 Å². The normalized spacial score (nSPS) is 11.1. The van der Waals surface area contributed by atoms with Crippen LogP contribution in [0, 0.1) is 15.9 Å². The molecule has 11 heteroatoms. The topological polar surface area (TPSA) is 142 Å². The van der Waals surface area contributed by atoms with Gasteiger partial charge in [0.25, 0.3) is 11.6 Å². The summed E-state index contributed by atoms with van der Waals surface area (Å²) in [6.45, 7) is 0. The number of nitro benzene ring substituents is 1. The number of nitrogens with zero attached hydrogens (tertiary/aromatic N) is 2. The summed E-state index contributed by atoms with van der Waals surface area (Å²) >= 11 is 0. The van der Waals surface area contributed by atoms with E-state index >= 15 is 0 Å². The average Bonchev–Trinajstić information content (AvgIpc) is 2.48. The molecule has 24 heavy (non-hydrogen) atoms. The number of hydrogen-bond acceptors (Lipinski definition) is 7. The summed E-state index contributed by atoms with van der Waals surface area (Å²) in [5, 5.41) is 10.7. The van der Waals surface area contributed by atoms with E-state index in [9.17, 15) is 27.7 Å². The van der Waals surface area contributed by atoms with Gasteiger partial charge in [0.15, 0.2) is 26.4 Å². The molecule has 0 fully saturated rings. The summed E-state index contributed by atoms with van der Waals surface area (Å²) in [6.07, 6.45) is 1.98. The first-order valence-electron chi connectivity index (χ1n) is 6.21. The highest BCUT2D eigenvalue weighted by Gasteiger charge is 2.23. The van der Waals surface area contributed by atoms with Gasteiger partial charge in [0.1, 0.15) is 11.3 Å². The maximum atomic E-state index is 13.9. The number of pyridine rings is 1. The Morgan fingerprint density at radius 1 is 1.38 bits per heavy atom. The van der Waals surface area contributed by atoms with E-state index in [0.29, 0.717) is 12.1 Å². The third kappa shape index (κ3) is 3.63. The van der Waals surface area contributed by atoms with E-state index in [1.54, 1.807) is 0 Å². The molecule has 0 radical (unpaired) electrons. The first kappa shape index (κ1) is 17.3. The molecular formula is C13H10FN3O6S. The monoisotopic (exact) mass is 355 g/mol. The Kier molecular flexibility index (Phi) is 4.46. The highest BCUT2D eigenvalue weighted by molar-refractivity contribution is 7.90. The minimum atomic E-state index is -3.52. The number of primary amides is 1. The molecule has 0 saturated carbocycles. The Bertz CT molecular complexity index is 927. The molecule has 1 heterocycles. The highest BCUT2D eigenvalue weighted by Crippen LogP contribution is 2.31. The number of rotatable bonds is 5. The van der Waals surface area contributed by atoms with Crippen LogP contribution in [0.4, 0.5) is 10.1 Å². The Morgan fingerprint density at radius 2 is 2.04 bits per heavy atom. The van der Waals surface area contributed by atoms with Crippen molar-refractivity contribution in [2.75, 3.05) is 6.26 Å². The molecule has 0 aliphatic heterocycles.